The molecule has 0 aliphatic heterocycles. The molecule has 0 saturated heterocycles. The summed E-state index contributed by atoms with van der Waals surface area (Å²) in [6.45, 7) is -1.30. The molecular weight excluding hydrogens is 590 g/mol. The van der Waals surface area contributed by atoms with Gasteiger partial charge in [-0.1, -0.05) is 23.9 Å². The Morgan fingerprint density at radius 3 is 2.16 bits per heavy atom. The zero-order valence-electron chi connectivity index (χ0n) is 18.8. The number of hydrogen-bond acceptors (Lipinski definition) is 9. The normalized spacial score (nSPS) is 16.7. The van der Waals surface area contributed by atoms with Gasteiger partial charge in [0.05, 0.1) is 17.8 Å². The largest absolute Gasteiger partial charge is 0.507 e. The van der Waals surface area contributed by atoms with Crippen molar-refractivity contribution >= 4 is 43.6 Å². The van der Waals surface area contributed by atoms with Crippen molar-refractivity contribution in [1.82, 2.24) is 19.5 Å². The Hall–Kier alpha value is -2.36. The highest BCUT2D eigenvalue weighted by molar-refractivity contribution is 7.99. The van der Waals surface area contributed by atoms with Gasteiger partial charge in [0.25, 0.3) is 0 Å². The SMILES string of the molecule is Nc1nc(Sc2ccccc2O)c2ncn(CCOC(P(=O)(O)CC(F)(F)F)P(=O)(O)CC(F)(F)F)c2n1. The summed E-state index contributed by atoms with van der Waals surface area (Å²) < 4.78 is 107. The van der Waals surface area contributed by atoms with Crippen LogP contribution in [-0.4, -0.2) is 71.3 Å². The van der Waals surface area contributed by atoms with Crippen molar-refractivity contribution in [1.29, 1.82) is 0 Å². The summed E-state index contributed by atoms with van der Waals surface area (Å²) in [5.41, 5.74) is 2.77. The lowest BCUT2D eigenvalue weighted by Crippen LogP contribution is -2.27. The van der Waals surface area contributed by atoms with Crippen LogP contribution in [0.15, 0.2) is 40.5 Å². The molecule has 38 heavy (non-hydrogen) atoms. The minimum atomic E-state index is -5.80. The number of nitrogen functional groups attached to an aromatic ring is 1. The molecule has 11 nitrogen and oxygen atoms in total. The van der Waals surface area contributed by atoms with E-state index in [1.807, 2.05) is 0 Å². The fourth-order valence-corrected chi connectivity index (χ4v) is 8.93. The Labute approximate surface area is 214 Å². The Morgan fingerprint density at radius 2 is 1.61 bits per heavy atom. The molecule has 2 aromatic heterocycles. The maximum atomic E-state index is 12.8. The molecular formula is C18H19F6N5O6P2S. The van der Waals surface area contributed by atoms with Crippen molar-refractivity contribution < 1.29 is 55.1 Å². The van der Waals surface area contributed by atoms with Gasteiger partial charge < -0.3 is 29.9 Å². The van der Waals surface area contributed by atoms with Crippen LogP contribution >= 0.6 is 26.5 Å². The van der Waals surface area contributed by atoms with Crippen molar-refractivity contribution in [3.63, 3.8) is 0 Å². The van der Waals surface area contributed by atoms with Gasteiger partial charge in [-0.3, -0.25) is 9.13 Å². The third-order valence-electron chi connectivity index (χ3n) is 4.62. The molecule has 2 heterocycles. The first-order chi connectivity index (χ1) is 17.4. The van der Waals surface area contributed by atoms with Crippen LogP contribution in [0.25, 0.3) is 11.2 Å². The van der Waals surface area contributed by atoms with E-state index in [1.54, 1.807) is 18.2 Å². The van der Waals surface area contributed by atoms with Crippen LogP contribution < -0.4 is 5.73 Å². The number of fused-ring (bicyclic) bond motifs is 1. The number of hydrogen-bond donors (Lipinski definition) is 4. The summed E-state index contributed by atoms with van der Waals surface area (Å²) in [6.07, 6.45) is -14.6. The average Bonchev–Trinajstić information content (AvgIpc) is 3.11. The third kappa shape index (κ3) is 7.83. The second-order valence-electron chi connectivity index (χ2n) is 7.82. The average molecular weight is 609 g/mol. The van der Waals surface area contributed by atoms with Crippen molar-refractivity contribution in [3.05, 3.63) is 30.6 Å². The molecule has 2 atom stereocenters. The van der Waals surface area contributed by atoms with E-state index < -0.39 is 58.2 Å². The summed E-state index contributed by atoms with van der Waals surface area (Å²) in [5, 5.41) is 10.2. The molecule has 210 valence electrons. The topological polar surface area (TPSA) is 174 Å². The number of phenols is 1. The second-order valence-corrected chi connectivity index (χ2v) is 13.9. The van der Waals surface area contributed by atoms with Crippen LogP contribution in [0.3, 0.4) is 0 Å². The molecule has 3 rings (SSSR count). The monoisotopic (exact) mass is 609 g/mol. The van der Waals surface area contributed by atoms with Crippen LogP contribution in [0.1, 0.15) is 0 Å². The summed E-state index contributed by atoms with van der Waals surface area (Å²) in [7, 11) is -11.6. The van der Waals surface area contributed by atoms with Crippen molar-refractivity contribution in [2.75, 3.05) is 24.7 Å². The van der Waals surface area contributed by atoms with Gasteiger partial charge in [-0.05, 0) is 12.1 Å². The van der Waals surface area contributed by atoms with Gasteiger partial charge >= 0.3 is 12.4 Å². The summed E-state index contributed by atoms with van der Waals surface area (Å²) in [5.74, 6) is -0.313. The number of nitrogens with zero attached hydrogens (tertiary/aromatic N) is 4. The molecule has 0 saturated carbocycles. The van der Waals surface area contributed by atoms with Crippen LogP contribution in [0.4, 0.5) is 32.3 Å². The quantitative estimate of drug-likeness (QED) is 0.147. The zero-order chi connectivity index (χ0) is 28.5. The van der Waals surface area contributed by atoms with Crippen LogP contribution in [0.5, 0.6) is 5.75 Å². The highest BCUT2D eigenvalue weighted by Crippen LogP contribution is 2.67. The number of ether oxygens (including phenoxy) is 1. The maximum Gasteiger partial charge on any atom is 0.398 e. The van der Waals surface area contributed by atoms with Crippen molar-refractivity contribution in [3.8, 4) is 5.75 Å². The summed E-state index contributed by atoms with van der Waals surface area (Å²) >= 11 is 0.976. The molecule has 1 aromatic carbocycles. The number of aromatic hydroxyl groups is 1. The number of imidazole rings is 1. The number of anilines is 1. The lowest BCUT2D eigenvalue weighted by molar-refractivity contribution is -0.108. The number of halogens is 6. The highest BCUT2D eigenvalue weighted by atomic mass is 32.2. The number of nitrogens with two attached hydrogens (primary N) is 1. The van der Waals surface area contributed by atoms with Gasteiger partial charge in [0.1, 0.15) is 28.6 Å². The molecule has 3 aromatic rings. The molecule has 0 fully saturated rings. The fourth-order valence-electron chi connectivity index (χ4n) is 3.26. The predicted molar refractivity (Wildman–Crippen MR) is 123 cm³/mol. The maximum absolute atomic E-state index is 12.8. The number of alkyl halides is 6. The predicted octanol–water partition coefficient (Wildman–Crippen LogP) is 4.23. The van der Waals surface area contributed by atoms with E-state index in [9.17, 15) is 50.4 Å². The molecule has 2 unspecified atom stereocenters. The minimum absolute atomic E-state index is 0.0421. The summed E-state index contributed by atoms with van der Waals surface area (Å²) in [6, 6.07) is 6.24. The summed E-state index contributed by atoms with van der Waals surface area (Å²) in [4.78, 5) is 32.2. The first-order valence-corrected chi connectivity index (χ1v) is 14.8. The van der Waals surface area contributed by atoms with Gasteiger partial charge in [-0.2, -0.15) is 31.3 Å². The molecule has 0 bridgehead atoms. The van der Waals surface area contributed by atoms with E-state index in [4.69, 9.17) is 10.5 Å². The minimum Gasteiger partial charge on any atom is -0.507 e. The van der Waals surface area contributed by atoms with E-state index in [2.05, 4.69) is 15.0 Å². The molecule has 0 radical (unpaired) electrons. The molecule has 0 amide bonds. The second kappa shape index (κ2) is 11.0. The molecule has 20 heteroatoms. The van der Waals surface area contributed by atoms with Crippen LogP contribution in [-0.2, 0) is 20.4 Å². The Morgan fingerprint density at radius 1 is 1.03 bits per heavy atom. The van der Waals surface area contributed by atoms with E-state index in [-0.39, 0.29) is 27.9 Å². The standard InChI is InChI=1S/C18H19F6N5O6P2S/c19-17(20,21)7-36(31,32)16(37(33,34)8-18(22,23)24)35-6-5-29-9-26-12-13(29)27-15(25)28-14(12)38-11-4-2-1-3-10(11)30/h1-4,9,16,30H,5-8H2,(H,31,32)(H,33,34)(H2,25,27,28). The number of aromatic nitrogens is 4. The van der Waals surface area contributed by atoms with Gasteiger partial charge in [0.2, 0.25) is 26.3 Å². The van der Waals surface area contributed by atoms with E-state index in [0.717, 1.165) is 18.1 Å². The lowest BCUT2D eigenvalue weighted by Gasteiger charge is -2.28. The highest BCUT2D eigenvalue weighted by Gasteiger charge is 2.54. The number of phenolic OH excluding ortho intramolecular Hbond substituents is 1. The van der Waals surface area contributed by atoms with E-state index in [0.29, 0.717) is 4.90 Å². The van der Waals surface area contributed by atoms with Crippen LogP contribution in [0.2, 0.25) is 0 Å². The van der Waals surface area contributed by atoms with Gasteiger partial charge in [0, 0.05) is 6.54 Å². The first kappa shape index (κ1) is 30.2. The first-order valence-electron chi connectivity index (χ1n) is 10.2. The van der Waals surface area contributed by atoms with E-state index in [1.165, 1.54) is 10.6 Å². The smallest absolute Gasteiger partial charge is 0.398 e. The van der Waals surface area contributed by atoms with E-state index >= 15 is 0 Å². The molecule has 0 aliphatic rings. The molecule has 0 spiro atoms. The Bertz CT molecular complexity index is 1370. The van der Waals surface area contributed by atoms with Gasteiger partial charge in [-0.15, -0.1) is 0 Å². The molecule has 0 aliphatic carbocycles. The van der Waals surface area contributed by atoms with Crippen LogP contribution in [0, 0.1) is 0 Å². The number of para-hydroxylation sites is 1. The number of benzene rings is 1. The van der Waals surface area contributed by atoms with Crippen molar-refractivity contribution in [2.45, 2.75) is 34.4 Å². The Kier molecular flexibility index (Phi) is 8.75. The lowest BCUT2D eigenvalue weighted by atomic mass is 10.3. The van der Waals surface area contributed by atoms with Gasteiger partial charge in [0.15, 0.2) is 5.65 Å². The molecule has 5 N–H and O–H groups in total. The Balaban J connectivity index is 1.86. The third-order valence-corrected chi connectivity index (χ3v) is 11.1. The number of rotatable bonds is 10. The fraction of sp³-hybridized carbons (Fsp3) is 0.389. The zero-order valence-corrected chi connectivity index (χ0v) is 21.4. The van der Waals surface area contributed by atoms with Crippen molar-refractivity contribution in [2.24, 2.45) is 0 Å². The van der Waals surface area contributed by atoms with Gasteiger partial charge in [-0.25, -0.2) is 9.97 Å².